The standard InChI is InChI=1S/C14H27NO/c1-5-10-15(11-6-2)12-8-14(7-3)9-13-16-4/h1-2,14H,5-13H2,3-4H3. The Morgan fingerprint density at radius 3 is 2.12 bits per heavy atom. The highest BCUT2D eigenvalue weighted by atomic mass is 16.5. The lowest BCUT2D eigenvalue weighted by molar-refractivity contribution is 0.166. The molecule has 0 aromatic carbocycles. The monoisotopic (exact) mass is 225 g/mol. The summed E-state index contributed by atoms with van der Waals surface area (Å²) in [5.74, 6) is 0.762. The zero-order chi connectivity index (χ0) is 12.2. The van der Waals surface area contributed by atoms with Crippen molar-refractivity contribution in [3.05, 3.63) is 13.8 Å². The van der Waals surface area contributed by atoms with E-state index in [0.29, 0.717) is 0 Å². The van der Waals surface area contributed by atoms with Crippen molar-refractivity contribution in [2.45, 2.75) is 39.0 Å². The molecule has 16 heavy (non-hydrogen) atoms. The average molecular weight is 225 g/mol. The summed E-state index contributed by atoms with van der Waals surface area (Å²) in [6.07, 6.45) is 5.04. The first kappa shape index (κ1) is 15.9. The van der Waals surface area contributed by atoms with Gasteiger partial charge in [-0.15, -0.1) is 0 Å². The van der Waals surface area contributed by atoms with Crippen LogP contribution in [0, 0.1) is 19.8 Å². The van der Waals surface area contributed by atoms with Gasteiger partial charge in [0.2, 0.25) is 0 Å². The molecule has 2 nitrogen and oxygen atoms in total. The molecule has 4 radical (unpaired) electrons. The molecule has 2 heteroatoms. The zero-order valence-corrected chi connectivity index (χ0v) is 11.0. The Kier molecular flexibility index (Phi) is 11.3. The van der Waals surface area contributed by atoms with Crippen LogP contribution in [0.2, 0.25) is 0 Å². The van der Waals surface area contributed by atoms with Crippen molar-refractivity contribution in [2.24, 2.45) is 5.92 Å². The fraction of sp³-hybridized carbons (Fsp3) is 0.857. The molecule has 0 fully saturated rings. The Morgan fingerprint density at radius 1 is 1.06 bits per heavy atom. The van der Waals surface area contributed by atoms with Crippen LogP contribution in [0.3, 0.4) is 0 Å². The SMILES string of the molecule is [CH]CCN(CC[CH])CCC(CC)CCOC. The van der Waals surface area contributed by atoms with Crippen molar-refractivity contribution in [1.29, 1.82) is 0 Å². The molecule has 0 aliphatic heterocycles. The number of rotatable bonds is 11. The van der Waals surface area contributed by atoms with Crippen LogP contribution < -0.4 is 0 Å². The summed E-state index contributed by atoms with van der Waals surface area (Å²) < 4.78 is 5.12. The maximum Gasteiger partial charge on any atom is 0.0464 e. The first-order valence-corrected chi connectivity index (χ1v) is 6.39. The van der Waals surface area contributed by atoms with E-state index in [-0.39, 0.29) is 0 Å². The summed E-state index contributed by atoms with van der Waals surface area (Å²) in [5, 5.41) is 0. The summed E-state index contributed by atoms with van der Waals surface area (Å²) >= 11 is 0. The first-order valence-electron chi connectivity index (χ1n) is 6.39. The number of hydrogen-bond acceptors (Lipinski definition) is 2. The molecule has 1 atom stereocenters. The number of methoxy groups -OCH3 is 1. The summed E-state index contributed by atoms with van der Waals surface area (Å²) in [5.41, 5.74) is 0. The van der Waals surface area contributed by atoms with Gasteiger partial charge in [0.1, 0.15) is 0 Å². The Labute approximate surface area is 102 Å². The van der Waals surface area contributed by atoms with Crippen LogP contribution in [0.5, 0.6) is 0 Å². The van der Waals surface area contributed by atoms with Crippen LogP contribution in [0.1, 0.15) is 39.0 Å². The van der Waals surface area contributed by atoms with Crippen LogP contribution in [0.25, 0.3) is 0 Å². The van der Waals surface area contributed by atoms with E-state index in [4.69, 9.17) is 18.6 Å². The van der Waals surface area contributed by atoms with Gasteiger partial charge in [0.25, 0.3) is 0 Å². The number of ether oxygens (including phenoxy) is 1. The van der Waals surface area contributed by atoms with Gasteiger partial charge < -0.3 is 9.64 Å². The second kappa shape index (κ2) is 11.4. The average Bonchev–Trinajstić information content (AvgIpc) is 2.30. The maximum absolute atomic E-state index is 5.58. The molecule has 0 rings (SSSR count). The van der Waals surface area contributed by atoms with Crippen LogP contribution in [-0.2, 0) is 4.74 Å². The van der Waals surface area contributed by atoms with Gasteiger partial charge in [-0.2, -0.15) is 0 Å². The molecule has 0 spiro atoms. The van der Waals surface area contributed by atoms with Crippen LogP contribution in [0.15, 0.2) is 0 Å². The minimum Gasteiger partial charge on any atom is -0.385 e. The van der Waals surface area contributed by atoms with Gasteiger partial charge >= 0.3 is 0 Å². The largest absolute Gasteiger partial charge is 0.385 e. The van der Waals surface area contributed by atoms with E-state index in [1.165, 1.54) is 12.8 Å². The van der Waals surface area contributed by atoms with Crippen molar-refractivity contribution >= 4 is 0 Å². The van der Waals surface area contributed by atoms with Gasteiger partial charge in [0.05, 0.1) is 0 Å². The van der Waals surface area contributed by atoms with Gasteiger partial charge in [0.15, 0.2) is 0 Å². The lowest BCUT2D eigenvalue weighted by Crippen LogP contribution is -2.28. The van der Waals surface area contributed by atoms with Gasteiger partial charge in [-0.05, 0) is 65.1 Å². The molecular weight excluding hydrogens is 198 g/mol. The van der Waals surface area contributed by atoms with Crippen molar-refractivity contribution in [1.82, 2.24) is 4.90 Å². The molecule has 0 N–H and O–H groups in total. The van der Waals surface area contributed by atoms with E-state index in [9.17, 15) is 0 Å². The topological polar surface area (TPSA) is 12.5 Å². The van der Waals surface area contributed by atoms with Crippen molar-refractivity contribution in [2.75, 3.05) is 33.4 Å². The first-order chi connectivity index (χ1) is 7.78. The van der Waals surface area contributed by atoms with E-state index in [0.717, 1.165) is 51.4 Å². The van der Waals surface area contributed by atoms with Gasteiger partial charge in [0, 0.05) is 13.7 Å². The molecule has 0 saturated heterocycles. The van der Waals surface area contributed by atoms with E-state index in [1.54, 1.807) is 7.11 Å². The third-order valence-corrected chi connectivity index (χ3v) is 3.05. The Morgan fingerprint density at radius 2 is 1.69 bits per heavy atom. The summed E-state index contributed by atoms with van der Waals surface area (Å²) in [7, 11) is 1.77. The zero-order valence-electron chi connectivity index (χ0n) is 11.0. The normalized spacial score (nSPS) is 13.3. The van der Waals surface area contributed by atoms with Gasteiger partial charge in [-0.3, -0.25) is 0 Å². The van der Waals surface area contributed by atoms with E-state index in [1.807, 2.05) is 0 Å². The number of hydrogen-bond donors (Lipinski definition) is 0. The molecule has 0 bridgehead atoms. The second-order valence-corrected chi connectivity index (χ2v) is 4.26. The lowest BCUT2D eigenvalue weighted by atomic mass is 9.98. The quantitative estimate of drug-likeness (QED) is 0.536. The molecule has 0 aliphatic carbocycles. The van der Waals surface area contributed by atoms with E-state index in [2.05, 4.69) is 11.8 Å². The molecule has 1 unspecified atom stereocenters. The third-order valence-electron chi connectivity index (χ3n) is 3.05. The predicted molar refractivity (Wildman–Crippen MR) is 69.2 cm³/mol. The van der Waals surface area contributed by atoms with Crippen molar-refractivity contribution in [3.8, 4) is 0 Å². The van der Waals surface area contributed by atoms with E-state index >= 15 is 0 Å². The molecular formula is C14H27NO. The third kappa shape index (κ3) is 8.12. The van der Waals surface area contributed by atoms with Crippen LogP contribution in [0.4, 0.5) is 0 Å². The van der Waals surface area contributed by atoms with E-state index < -0.39 is 0 Å². The summed E-state index contributed by atoms with van der Waals surface area (Å²) in [6, 6.07) is 0. The molecule has 0 amide bonds. The molecule has 0 heterocycles. The summed E-state index contributed by atoms with van der Waals surface area (Å²) in [6.45, 7) is 17.3. The van der Waals surface area contributed by atoms with Crippen LogP contribution in [-0.4, -0.2) is 38.3 Å². The van der Waals surface area contributed by atoms with Crippen molar-refractivity contribution in [3.63, 3.8) is 0 Å². The summed E-state index contributed by atoms with van der Waals surface area (Å²) in [4.78, 5) is 2.36. The highest BCUT2D eigenvalue weighted by molar-refractivity contribution is 4.64. The van der Waals surface area contributed by atoms with Crippen LogP contribution >= 0.6 is 0 Å². The highest BCUT2D eigenvalue weighted by Gasteiger charge is 2.09. The fourth-order valence-electron chi connectivity index (χ4n) is 1.90. The molecule has 0 saturated carbocycles. The minimum absolute atomic E-state index is 0.717. The predicted octanol–water partition coefficient (Wildman–Crippen LogP) is 2.94. The molecule has 0 aromatic heterocycles. The molecule has 94 valence electrons. The number of nitrogens with zero attached hydrogens (tertiary/aromatic N) is 1. The van der Waals surface area contributed by atoms with Gasteiger partial charge in [-0.25, -0.2) is 0 Å². The highest BCUT2D eigenvalue weighted by Crippen LogP contribution is 2.14. The van der Waals surface area contributed by atoms with Crippen molar-refractivity contribution < 1.29 is 4.74 Å². The minimum atomic E-state index is 0.717. The smallest absolute Gasteiger partial charge is 0.0464 e. The molecule has 0 aromatic rings. The lowest BCUT2D eigenvalue weighted by Gasteiger charge is -2.23. The second-order valence-electron chi connectivity index (χ2n) is 4.26. The Bertz CT molecular complexity index is 133. The van der Waals surface area contributed by atoms with Gasteiger partial charge in [-0.1, -0.05) is 13.3 Å². The maximum atomic E-state index is 5.58. The molecule has 0 aliphatic rings. The Balaban J connectivity index is 3.76. The fourth-order valence-corrected chi connectivity index (χ4v) is 1.90. The Hall–Kier alpha value is -0.0800.